The highest BCUT2D eigenvalue weighted by Gasteiger charge is 2.55. The zero-order valence-corrected chi connectivity index (χ0v) is 19.2. The molecule has 1 N–H and O–H groups in total. The summed E-state index contributed by atoms with van der Waals surface area (Å²) in [6.07, 6.45) is 1.88. The second kappa shape index (κ2) is 9.02. The smallest absolute Gasteiger partial charge is 0.335 e. The largest absolute Gasteiger partial charge is 0.478 e. The molecule has 5 rings (SSSR count). The van der Waals surface area contributed by atoms with E-state index in [0.29, 0.717) is 30.4 Å². The minimum absolute atomic E-state index is 0.108. The molecule has 2 fully saturated rings. The third kappa shape index (κ3) is 4.21. The lowest BCUT2D eigenvalue weighted by Gasteiger charge is -2.41. The lowest BCUT2D eigenvalue weighted by Crippen LogP contribution is -2.52. The van der Waals surface area contributed by atoms with Gasteiger partial charge in [-0.2, -0.15) is 4.98 Å². The van der Waals surface area contributed by atoms with Gasteiger partial charge < -0.3 is 19.4 Å². The second-order valence-corrected chi connectivity index (χ2v) is 9.37. The summed E-state index contributed by atoms with van der Waals surface area (Å²) in [5.41, 5.74) is 1.36. The van der Waals surface area contributed by atoms with Crippen LogP contribution >= 0.6 is 0 Å². The van der Waals surface area contributed by atoms with E-state index in [2.05, 4.69) is 39.3 Å². The lowest BCUT2D eigenvalue weighted by molar-refractivity contribution is 0.0697. The number of aromatic nitrogens is 2. The maximum absolute atomic E-state index is 13.4. The quantitative estimate of drug-likeness (QED) is 0.604. The number of piperidine rings is 1. The number of carbonyl (C=O) groups excluding carboxylic acids is 1. The monoisotopic (exact) mass is 460 g/mol. The Bertz CT molecular complexity index is 1190. The molecule has 0 radical (unpaired) electrons. The molecule has 3 heterocycles. The zero-order valence-electron chi connectivity index (χ0n) is 19.2. The summed E-state index contributed by atoms with van der Waals surface area (Å²) in [5.74, 6) is 0.171. The first-order valence-corrected chi connectivity index (χ1v) is 11.6. The predicted octanol–water partition coefficient (Wildman–Crippen LogP) is 3.03. The first kappa shape index (κ1) is 22.3. The average molecular weight is 461 g/mol. The number of benzene rings is 2. The van der Waals surface area contributed by atoms with E-state index in [1.54, 1.807) is 12.1 Å². The molecule has 0 unspecified atom stereocenters. The van der Waals surface area contributed by atoms with E-state index in [-0.39, 0.29) is 17.4 Å². The number of aryl methyl sites for hydroxylation is 1. The molecule has 0 saturated carbocycles. The fourth-order valence-corrected chi connectivity index (χ4v) is 5.39. The van der Waals surface area contributed by atoms with E-state index in [1.165, 1.54) is 17.7 Å². The van der Waals surface area contributed by atoms with Crippen molar-refractivity contribution in [3.63, 3.8) is 0 Å². The van der Waals surface area contributed by atoms with Gasteiger partial charge in [-0.3, -0.25) is 4.79 Å². The van der Waals surface area contributed by atoms with Crippen molar-refractivity contribution in [3.05, 3.63) is 83.0 Å². The van der Waals surface area contributed by atoms with Crippen LogP contribution in [0.25, 0.3) is 0 Å². The van der Waals surface area contributed by atoms with Gasteiger partial charge in [0.1, 0.15) is 0 Å². The molecular formula is C26H28N4O4. The normalized spacial score (nSPS) is 22.5. The van der Waals surface area contributed by atoms with Gasteiger partial charge in [0, 0.05) is 31.7 Å². The van der Waals surface area contributed by atoms with E-state index in [4.69, 9.17) is 4.52 Å². The molecular weight excluding hydrogens is 432 g/mol. The lowest BCUT2D eigenvalue weighted by atomic mass is 9.73. The molecule has 1 amide bonds. The van der Waals surface area contributed by atoms with Crippen LogP contribution in [0.1, 0.15) is 44.4 Å². The number of hydrogen-bond acceptors (Lipinski definition) is 6. The fraction of sp³-hybridized carbons (Fsp3) is 0.385. The minimum Gasteiger partial charge on any atom is -0.478 e. The molecule has 0 aliphatic carbocycles. The van der Waals surface area contributed by atoms with Crippen molar-refractivity contribution in [2.24, 2.45) is 5.92 Å². The van der Waals surface area contributed by atoms with Crippen LogP contribution in [0.2, 0.25) is 0 Å². The number of carboxylic acid groups (broad SMARTS) is 1. The summed E-state index contributed by atoms with van der Waals surface area (Å²) < 4.78 is 5.70. The van der Waals surface area contributed by atoms with Crippen molar-refractivity contribution in [1.82, 2.24) is 19.9 Å². The van der Waals surface area contributed by atoms with E-state index in [1.807, 2.05) is 17.9 Å². The maximum atomic E-state index is 13.4. The van der Waals surface area contributed by atoms with Gasteiger partial charge in [-0.15, -0.1) is 0 Å². The number of carbonyl (C=O) groups is 2. The van der Waals surface area contributed by atoms with Crippen molar-refractivity contribution in [1.29, 1.82) is 0 Å². The van der Waals surface area contributed by atoms with Gasteiger partial charge in [-0.1, -0.05) is 41.6 Å². The van der Waals surface area contributed by atoms with E-state index in [9.17, 15) is 14.7 Å². The number of carboxylic acids is 1. The Hall–Kier alpha value is -3.52. The molecule has 2 atom stereocenters. The highest BCUT2D eigenvalue weighted by molar-refractivity contribution is 5.97. The van der Waals surface area contributed by atoms with E-state index < -0.39 is 11.4 Å². The molecule has 3 aromatic rings. The van der Waals surface area contributed by atoms with Gasteiger partial charge in [0.2, 0.25) is 5.89 Å². The summed E-state index contributed by atoms with van der Waals surface area (Å²) in [6, 6.07) is 16.7. The van der Waals surface area contributed by atoms with Crippen LogP contribution in [0.4, 0.5) is 0 Å². The number of amides is 1. The van der Waals surface area contributed by atoms with Crippen LogP contribution in [0, 0.1) is 12.8 Å². The summed E-state index contributed by atoms with van der Waals surface area (Å²) in [4.78, 5) is 33.6. The van der Waals surface area contributed by atoms with Crippen LogP contribution in [-0.4, -0.2) is 69.6 Å². The molecule has 2 saturated heterocycles. The zero-order chi connectivity index (χ0) is 23.7. The molecule has 8 heteroatoms. The Kier molecular flexibility index (Phi) is 5.91. The van der Waals surface area contributed by atoms with Gasteiger partial charge in [0.05, 0.1) is 11.0 Å². The Balaban J connectivity index is 1.39. The minimum atomic E-state index is -1.04. The third-order valence-electron chi connectivity index (χ3n) is 7.15. The molecule has 2 aliphatic heterocycles. The van der Waals surface area contributed by atoms with Gasteiger partial charge >= 0.3 is 5.97 Å². The molecule has 8 nitrogen and oxygen atoms in total. The standard InChI is InChI=1S/C26H28N4O4/c1-18-27-25(34-28-18)26-16-29(12-10-19-6-3-2-4-7-19)13-11-22(26)15-30(17-26)23(31)20-8-5-9-21(14-20)24(32)33/h2-9,14,22H,10-13,15-17H2,1H3,(H,32,33)/t22-,26-/m0/s1. The maximum Gasteiger partial charge on any atom is 0.335 e. The van der Waals surface area contributed by atoms with Gasteiger partial charge in [-0.25, -0.2) is 4.79 Å². The molecule has 2 aliphatic rings. The van der Waals surface area contributed by atoms with Crippen LogP contribution in [0.3, 0.4) is 0 Å². The number of hydrogen-bond donors (Lipinski definition) is 1. The molecule has 176 valence electrons. The number of rotatable bonds is 6. The van der Waals surface area contributed by atoms with E-state index >= 15 is 0 Å². The first-order chi connectivity index (χ1) is 16.4. The summed E-state index contributed by atoms with van der Waals surface area (Å²) in [6.45, 7) is 5.47. The fourth-order valence-electron chi connectivity index (χ4n) is 5.39. The Morgan fingerprint density at radius 1 is 1.12 bits per heavy atom. The van der Waals surface area contributed by atoms with Crippen LogP contribution in [0.15, 0.2) is 59.1 Å². The number of aromatic carboxylic acids is 1. The van der Waals surface area contributed by atoms with Gasteiger partial charge in [-0.05, 0) is 56.0 Å². The summed E-state index contributed by atoms with van der Waals surface area (Å²) in [5, 5.41) is 13.4. The topological polar surface area (TPSA) is 99.8 Å². The van der Waals surface area contributed by atoms with Crippen LogP contribution < -0.4 is 0 Å². The van der Waals surface area contributed by atoms with Gasteiger partial charge in [0.25, 0.3) is 5.91 Å². The number of likely N-dealkylation sites (tertiary alicyclic amines) is 2. The molecule has 34 heavy (non-hydrogen) atoms. The number of fused-ring (bicyclic) bond motifs is 1. The third-order valence-corrected chi connectivity index (χ3v) is 7.15. The van der Waals surface area contributed by atoms with Gasteiger partial charge in [0.15, 0.2) is 5.82 Å². The highest BCUT2D eigenvalue weighted by Crippen LogP contribution is 2.44. The molecule has 2 aromatic carbocycles. The van der Waals surface area contributed by atoms with Crippen molar-refractivity contribution in [2.45, 2.75) is 25.2 Å². The Labute approximate surface area is 198 Å². The highest BCUT2D eigenvalue weighted by atomic mass is 16.5. The average Bonchev–Trinajstić information content (AvgIpc) is 3.47. The summed E-state index contributed by atoms with van der Waals surface area (Å²) in [7, 11) is 0. The molecule has 0 spiro atoms. The Morgan fingerprint density at radius 2 is 1.91 bits per heavy atom. The van der Waals surface area contributed by atoms with Crippen LogP contribution in [0.5, 0.6) is 0 Å². The summed E-state index contributed by atoms with van der Waals surface area (Å²) >= 11 is 0. The van der Waals surface area contributed by atoms with Crippen LogP contribution in [-0.2, 0) is 11.8 Å². The van der Waals surface area contributed by atoms with Crippen molar-refractivity contribution in [3.8, 4) is 0 Å². The Morgan fingerprint density at radius 3 is 2.65 bits per heavy atom. The number of nitrogens with zero attached hydrogens (tertiary/aromatic N) is 4. The SMILES string of the molecule is Cc1noc([C@]23CN(CCc4ccccc4)CC[C@H]2CN(C(=O)c2cccc(C(=O)O)c2)C3)n1. The predicted molar refractivity (Wildman–Crippen MR) is 125 cm³/mol. The molecule has 0 bridgehead atoms. The van der Waals surface area contributed by atoms with Crippen molar-refractivity contribution < 1.29 is 19.2 Å². The van der Waals surface area contributed by atoms with E-state index in [0.717, 1.165) is 32.5 Å². The van der Waals surface area contributed by atoms with Crippen molar-refractivity contribution in [2.75, 3.05) is 32.7 Å². The first-order valence-electron chi connectivity index (χ1n) is 11.6. The van der Waals surface area contributed by atoms with Crippen molar-refractivity contribution >= 4 is 11.9 Å². The second-order valence-electron chi connectivity index (χ2n) is 9.37. The molecule has 1 aromatic heterocycles.